The van der Waals surface area contributed by atoms with Gasteiger partial charge in [0.15, 0.2) is 0 Å². The summed E-state index contributed by atoms with van der Waals surface area (Å²) in [4.78, 5) is 12.8. The number of benzene rings is 5. The molecule has 0 atom stereocenters. The molecule has 6 nitrogen and oxygen atoms in total. The van der Waals surface area contributed by atoms with Gasteiger partial charge < -0.3 is 4.42 Å². The van der Waals surface area contributed by atoms with Crippen LogP contribution in [0.15, 0.2) is 120 Å². The van der Waals surface area contributed by atoms with Crippen LogP contribution in [-0.2, 0) is 0 Å². The van der Waals surface area contributed by atoms with Crippen molar-refractivity contribution in [2.24, 2.45) is 0 Å². The van der Waals surface area contributed by atoms with Crippen molar-refractivity contribution in [3.8, 4) is 11.6 Å². The molecule has 0 unspecified atom stereocenters. The van der Waals surface area contributed by atoms with Gasteiger partial charge in [-0.1, -0.05) is 78.9 Å². The average molecular weight is 550 g/mol. The summed E-state index contributed by atoms with van der Waals surface area (Å²) in [5.74, 6) is 1.55. The summed E-state index contributed by atoms with van der Waals surface area (Å²) in [5, 5.41) is 6.03. The van der Waals surface area contributed by atoms with Crippen LogP contribution in [0.1, 0.15) is 0 Å². The zero-order valence-electron chi connectivity index (χ0n) is 22.6. The lowest BCUT2D eigenvalue weighted by molar-refractivity contribution is 0.673. The minimum Gasteiger partial charge on any atom is -0.478 e. The van der Waals surface area contributed by atoms with Crippen molar-refractivity contribution in [3.63, 3.8) is 0 Å². The first-order valence-corrected chi connectivity index (χ1v) is 13.9. The van der Waals surface area contributed by atoms with E-state index >= 15 is 0 Å². The van der Waals surface area contributed by atoms with Gasteiger partial charge in [0, 0.05) is 37.8 Å². The van der Waals surface area contributed by atoms with E-state index < -0.39 is 0 Å². The summed E-state index contributed by atoms with van der Waals surface area (Å²) in [5.41, 5.74) is 5.86. The molecular weight excluding hydrogens is 530 g/mol. The Hall–Kier alpha value is -6.37. The lowest BCUT2D eigenvalue weighted by Gasteiger charge is -2.11. The number of hydrogen-bond donors (Lipinski definition) is 0. The van der Waals surface area contributed by atoms with Gasteiger partial charge >= 0.3 is 0 Å². The molecule has 0 N–H and O–H groups in total. The number of aromatic nitrogens is 3. The maximum absolute atomic E-state index is 8.04. The lowest BCUT2D eigenvalue weighted by Crippen LogP contribution is -2.03. The van der Waals surface area contributed by atoms with E-state index in [-0.39, 0.29) is 0 Å². The van der Waals surface area contributed by atoms with Crippen LogP contribution in [0.2, 0.25) is 0 Å². The second-order valence-corrected chi connectivity index (χ2v) is 10.5. The normalized spacial score (nSPS) is 11.7. The van der Waals surface area contributed by atoms with Crippen LogP contribution >= 0.6 is 0 Å². The first-order chi connectivity index (χ1) is 21.3. The van der Waals surface area contributed by atoms with E-state index in [2.05, 4.69) is 79.5 Å². The van der Waals surface area contributed by atoms with Crippen LogP contribution in [0.4, 0.5) is 11.4 Å². The van der Waals surface area contributed by atoms with E-state index in [1.165, 1.54) is 10.8 Å². The fraction of sp³-hybridized carbons (Fsp3) is 0. The van der Waals surface area contributed by atoms with Crippen LogP contribution in [0.5, 0.6) is 0 Å². The highest BCUT2D eigenvalue weighted by Crippen LogP contribution is 2.46. The summed E-state index contributed by atoms with van der Waals surface area (Å²) >= 11 is 0. The van der Waals surface area contributed by atoms with Gasteiger partial charge in [-0.2, -0.15) is 0 Å². The molecule has 0 radical (unpaired) electrons. The Balaban J connectivity index is 1.41. The highest BCUT2D eigenvalue weighted by molar-refractivity contribution is 6.30. The molecule has 0 fully saturated rings. The van der Waals surface area contributed by atoms with Gasteiger partial charge in [-0.15, -0.1) is 0 Å². The second-order valence-electron chi connectivity index (χ2n) is 10.5. The summed E-state index contributed by atoms with van der Waals surface area (Å²) < 4.78 is 10.6. The number of fused-ring (bicyclic) bond motifs is 10. The predicted molar refractivity (Wildman–Crippen MR) is 173 cm³/mol. The second kappa shape index (κ2) is 8.57. The Bertz CT molecular complexity index is 2660. The fourth-order valence-corrected chi connectivity index (χ4v) is 6.64. The maximum atomic E-state index is 8.04. The monoisotopic (exact) mass is 549 g/mol. The van der Waals surface area contributed by atoms with Crippen LogP contribution < -0.4 is 0 Å². The van der Waals surface area contributed by atoms with Gasteiger partial charge in [0.25, 0.3) is 0 Å². The first kappa shape index (κ1) is 23.3. The smallest absolute Gasteiger partial charge is 0.231 e. The molecule has 6 heteroatoms. The Morgan fingerprint density at radius 3 is 1.67 bits per heavy atom. The van der Waals surface area contributed by atoms with Gasteiger partial charge in [-0.25, -0.2) is 14.7 Å². The number of hydrogen-bond acceptors (Lipinski definition) is 2. The third-order valence-corrected chi connectivity index (χ3v) is 8.36. The molecule has 0 aliphatic heterocycles. The third-order valence-electron chi connectivity index (χ3n) is 8.36. The molecule has 43 heavy (non-hydrogen) atoms. The zero-order chi connectivity index (χ0) is 28.7. The number of furan rings is 1. The highest BCUT2D eigenvalue weighted by Gasteiger charge is 2.23. The Kier molecular flexibility index (Phi) is 4.65. The molecule has 5 aromatic carbocycles. The largest absolute Gasteiger partial charge is 0.478 e. The van der Waals surface area contributed by atoms with E-state index in [9.17, 15) is 0 Å². The quantitative estimate of drug-likeness (QED) is 0.201. The van der Waals surface area contributed by atoms with E-state index in [1.807, 2.05) is 48.5 Å². The van der Waals surface area contributed by atoms with Crippen LogP contribution in [-0.4, -0.2) is 14.1 Å². The van der Waals surface area contributed by atoms with E-state index in [0.29, 0.717) is 22.5 Å². The molecule has 4 heterocycles. The topological polar surface area (TPSA) is 44.6 Å². The van der Waals surface area contributed by atoms with Crippen molar-refractivity contribution in [2.45, 2.75) is 0 Å². The summed E-state index contributed by atoms with van der Waals surface area (Å²) in [6.07, 6.45) is 0. The van der Waals surface area contributed by atoms with Crippen molar-refractivity contribution in [3.05, 3.63) is 138 Å². The number of para-hydroxylation sites is 4. The minimum absolute atomic E-state index is 0.400. The van der Waals surface area contributed by atoms with Crippen LogP contribution in [0, 0.1) is 13.1 Å². The molecule has 0 aliphatic rings. The van der Waals surface area contributed by atoms with E-state index in [4.69, 9.17) is 22.5 Å². The molecule has 0 saturated heterocycles. The molecule has 9 rings (SSSR count). The molecule has 0 bridgehead atoms. The van der Waals surface area contributed by atoms with Crippen LogP contribution in [0.25, 0.3) is 86.9 Å². The van der Waals surface area contributed by atoms with Crippen molar-refractivity contribution < 1.29 is 4.42 Å². The number of nitrogens with zero attached hydrogens (tertiary/aromatic N) is 5. The highest BCUT2D eigenvalue weighted by atomic mass is 16.3. The zero-order valence-corrected chi connectivity index (χ0v) is 22.6. The first-order valence-electron chi connectivity index (χ1n) is 13.9. The van der Waals surface area contributed by atoms with Gasteiger partial charge in [0.2, 0.25) is 11.4 Å². The van der Waals surface area contributed by atoms with Crippen molar-refractivity contribution in [1.29, 1.82) is 0 Å². The molecule has 0 amide bonds. The molecule has 0 aliphatic carbocycles. The summed E-state index contributed by atoms with van der Waals surface area (Å²) in [6, 6.07) is 38.6. The third kappa shape index (κ3) is 3.07. The van der Waals surface area contributed by atoms with Crippen LogP contribution in [0.3, 0.4) is 0 Å². The van der Waals surface area contributed by atoms with E-state index in [0.717, 1.165) is 55.2 Å². The van der Waals surface area contributed by atoms with Gasteiger partial charge in [0.1, 0.15) is 22.8 Å². The molecule has 0 saturated carbocycles. The number of pyridine rings is 1. The summed E-state index contributed by atoms with van der Waals surface area (Å²) in [6.45, 7) is 15.7. The van der Waals surface area contributed by atoms with Gasteiger partial charge in [-0.3, -0.25) is 9.13 Å². The lowest BCUT2D eigenvalue weighted by atomic mass is 10.0. The van der Waals surface area contributed by atoms with E-state index in [1.54, 1.807) is 6.07 Å². The van der Waals surface area contributed by atoms with Crippen molar-refractivity contribution in [1.82, 2.24) is 14.1 Å². The minimum atomic E-state index is 0.400. The van der Waals surface area contributed by atoms with Crippen molar-refractivity contribution in [2.75, 3.05) is 0 Å². The number of rotatable bonds is 2. The maximum Gasteiger partial charge on any atom is 0.231 e. The Labute approximate surface area is 244 Å². The fourth-order valence-electron chi connectivity index (χ4n) is 6.64. The molecule has 4 aromatic heterocycles. The average Bonchev–Trinajstić information content (AvgIpc) is 3.72. The molecule has 198 valence electrons. The standard InChI is InChI=1S/C37H19N5O/c1-38-26-15-9-14-25-35-34-24-13-5-8-18-30(24)42(31(34)21-27(39-2)37(35)43-36(25)26)33-20-10-19-32(40-33)41-28-16-6-3-11-22(28)23-12-4-7-17-29(23)41/h3-21H. The van der Waals surface area contributed by atoms with Gasteiger partial charge in [-0.05, 0) is 36.4 Å². The Morgan fingerprint density at radius 1 is 0.488 bits per heavy atom. The SMILES string of the molecule is [C-]#[N+]c1cccc2c1oc1c([N+]#[C-])cc3c(c4ccccc4n3-c3cccc(-n4c5ccccc5c5ccccc54)n3)c12. The van der Waals surface area contributed by atoms with Crippen molar-refractivity contribution >= 4 is 76.9 Å². The molecule has 0 spiro atoms. The molecular formula is C37H19N5O. The van der Waals surface area contributed by atoms with Gasteiger partial charge in [0.05, 0.1) is 29.7 Å². The Morgan fingerprint density at radius 2 is 1.02 bits per heavy atom. The predicted octanol–water partition coefficient (Wildman–Crippen LogP) is 10.3. The molecule has 9 aromatic rings. The summed E-state index contributed by atoms with van der Waals surface area (Å²) in [7, 11) is 0.